The first-order valence-electron chi connectivity index (χ1n) is 6.34. The molecule has 0 bridgehead atoms. The van der Waals surface area contributed by atoms with Crippen LogP contribution in [0.4, 0.5) is 0 Å². The Hall–Kier alpha value is -2.01. The highest BCUT2D eigenvalue weighted by Gasteiger charge is 2.04. The second-order valence-electron chi connectivity index (χ2n) is 4.48. The maximum Gasteiger partial charge on any atom is 0.321 e. The summed E-state index contributed by atoms with van der Waals surface area (Å²) in [6.07, 6.45) is 6.87. The van der Waals surface area contributed by atoms with Gasteiger partial charge < -0.3 is 10.5 Å². The number of rotatable bonds is 5. The van der Waals surface area contributed by atoms with Crippen molar-refractivity contribution in [3.63, 3.8) is 0 Å². The van der Waals surface area contributed by atoms with Crippen LogP contribution < -0.4 is 10.5 Å². The second kappa shape index (κ2) is 6.24. The first-order valence-corrected chi connectivity index (χ1v) is 6.34. The number of pyridine rings is 1. The van der Waals surface area contributed by atoms with Crippen molar-refractivity contribution in [1.82, 2.24) is 15.0 Å². The first kappa shape index (κ1) is 13.4. The number of hydrogen-bond donors (Lipinski definition) is 1. The number of ether oxygens (including phenoxy) is 1. The zero-order valence-corrected chi connectivity index (χ0v) is 11.2. The van der Waals surface area contributed by atoms with Crippen molar-refractivity contribution < 1.29 is 4.74 Å². The summed E-state index contributed by atoms with van der Waals surface area (Å²) in [5, 5.41) is 0. The van der Waals surface area contributed by atoms with Gasteiger partial charge in [0.2, 0.25) is 0 Å². The maximum atomic E-state index is 5.89. The van der Waals surface area contributed by atoms with Crippen LogP contribution in [0.15, 0.2) is 30.7 Å². The van der Waals surface area contributed by atoms with Gasteiger partial charge in [-0.2, -0.15) is 0 Å². The number of aryl methyl sites for hydroxylation is 1. The molecule has 0 aliphatic carbocycles. The molecule has 0 aromatic carbocycles. The average molecular weight is 258 g/mol. The van der Waals surface area contributed by atoms with Crippen LogP contribution in [-0.4, -0.2) is 21.0 Å². The Morgan fingerprint density at radius 3 is 2.47 bits per heavy atom. The van der Waals surface area contributed by atoms with Crippen LogP contribution in [0.1, 0.15) is 24.6 Å². The van der Waals surface area contributed by atoms with Crippen molar-refractivity contribution in [2.24, 2.45) is 5.73 Å². The van der Waals surface area contributed by atoms with Crippen LogP contribution in [0.3, 0.4) is 0 Å². The van der Waals surface area contributed by atoms with Crippen LogP contribution in [0.5, 0.6) is 11.8 Å². The normalized spacial score (nSPS) is 12.2. The van der Waals surface area contributed by atoms with Crippen LogP contribution in [0.25, 0.3) is 0 Å². The molecule has 0 radical (unpaired) electrons. The van der Waals surface area contributed by atoms with Gasteiger partial charge in [-0.1, -0.05) is 6.92 Å². The van der Waals surface area contributed by atoms with Gasteiger partial charge in [0.15, 0.2) is 0 Å². The van der Waals surface area contributed by atoms with E-state index in [9.17, 15) is 0 Å². The summed E-state index contributed by atoms with van der Waals surface area (Å²) in [6, 6.07) is 4.19. The molecule has 1 atom stereocenters. The highest BCUT2D eigenvalue weighted by Crippen LogP contribution is 2.16. The van der Waals surface area contributed by atoms with Crippen LogP contribution >= 0.6 is 0 Å². The lowest BCUT2D eigenvalue weighted by atomic mass is 10.1. The van der Waals surface area contributed by atoms with Gasteiger partial charge >= 0.3 is 6.01 Å². The Balaban J connectivity index is 2.00. The molecule has 19 heavy (non-hydrogen) atoms. The number of aromatic nitrogens is 3. The zero-order valence-electron chi connectivity index (χ0n) is 11.2. The highest BCUT2D eigenvalue weighted by atomic mass is 16.5. The maximum absolute atomic E-state index is 5.89. The van der Waals surface area contributed by atoms with Crippen LogP contribution in [0, 0.1) is 6.92 Å². The molecule has 1 unspecified atom stereocenters. The molecule has 0 aliphatic rings. The van der Waals surface area contributed by atoms with Crippen molar-refractivity contribution in [2.75, 3.05) is 0 Å². The van der Waals surface area contributed by atoms with Gasteiger partial charge in [-0.25, -0.2) is 9.97 Å². The summed E-state index contributed by atoms with van der Waals surface area (Å²) in [5.41, 5.74) is 7.84. The third-order valence-corrected chi connectivity index (χ3v) is 2.80. The minimum atomic E-state index is 0.150. The molecular weight excluding hydrogens is 240 g/mol. The third-order valence-electron chi connectivity index (χ3n) is 2.80. The summed E-state index contributed by atoms with van der Waals surface area (Å²) < 4.78 is 5.50. The fourth-order valence-corrected chi connectivity index (χ4v) is 1.57. The van der Waals surface area contributed by atoms with Gasteiger partial charge in [-0.15, -0.1) is 0 Å². The molecule has 5 heteroatoms. The number of nitrogens with two attached hydrogens (primary N) is 1. The van der Waals surface area contributed by atoms with Crippen molar-refractivity contribution in [2.45, 2.75) is 32.7 Å². The van der Waals surface area contributed by atoms with E-state index in [1.807, 2.05) is 19.1 Å². The van der Waals surface area contributed by atoms with Gasteiger partial charge in [-0.05, 0) is 37.5 Å². The molecule has 0 saturated heterocycles. The third kappa shape index (κ3) is 3.99. The molecular formula is C14H18N4O. The quantitative estimate of drug-likeness (QED) is 0.890. The van der Waals surface area contributed by atoms with Crippen molar-refractivity contribution >= 4 is 0 Å². The summed E-state index contributed by atoms with van der Waals surface area (Å²) in [5.74, 6) is 0.628. The summed E-state index contributed by atoms with van der Waals surface area (Å²) in [6.45, 7) is 3.99. The second-order valence-corrected chi connectivity index (χ2v) is 4.48. The smallest absolute Gasteiger partial charge is 0.321 e. The standard InChI is InChI=1S/C14H18N4O/c1-3-12(15)6-11-7-17-14(18-8-11)19-13-5-4-10(2)16-9-13/h4-5,7-9,12H,3,6,15H2,1-2H3. The molecule has 2 N–H and O–H groups in total. The van der Waals surface area contributed by atoms with E-state index in [2.05, 4.69) is 21.9 Å². The zero-order chi connectivity index (χ0) is 13.7. The SMILES string of the molecule is CCC(N)Cc1cnc(Oc2ccc(C)nc2)nc1. The van der Waals surface area contributed by atoms with E-state index in [1.165, 1.54) is 0 Å². The van der Waals surface area contributed by atoms with E-state index in [0.717, 1.165) is 24.1 Å². The van der Waals surface area contributed by atoms with Crippen molar-refractivity contribution in [3.8, 4) is 11.8 Å². The summed E-state index contributed by atoms with van der Waals surface area (Å²) in [7, 11) is 0. The fraction of sp³-hybridized carbons (Fsp3) is 0.357. The molecule has 2 aromatic heterocycles. The Morgan fingerprint density at radius 2 is 1.89 bits per heavy atom. The average Bonchev–Trinajstić information content (AvgIpc) is 2.43. The minimum absolute atomic E-state index is 0.150. The molecule has 100 valence electrons. The van der Waals surface area contributed by atoms with E-state index >= 15 is 0 Å². The number of hydrogen-bond acceptors (Lipinski definition) is 5. The van der Waals surface area contributed by atoms with E-state index in [-0.39, 0.29) is 6.04 Å². The predicted molar refractivity (Wildman–Crippen MR) is 73.1 cm³/mol. The lowest BCUT2D eigenvalue weighted by Gasteiger charge is -2.08. The van der Waals surface area contributed by atoms with E-state index in [0.29, 0.717) is 11.8 Å². The topological polar surface area (TPSA) is 73.9 Å². The molecule has 0 amide bonds. The predicted octanol–water partition coefficient (Wildman–Crippen LogP) is 2.25. The minimum Gasteiger partial charge on any atom is -0.423 e. The fourth-order valence-electron chi connectivity index (χ4n) is 1.57. The molecule has 0 aliphatic heterocycles. The Labute approximate surface area is 112 Å². The largest absolute Gasteiger partial charge is 0.423 e. The number of nitrogens with zero attached hydrogens (tertiary/aromatic N) is 3. The van der Waals surface area contributed by atoms with E-state index in [1.54, 1.807) is 18.6 Å². The Bertz CT molecular complexity index is 510. The highest BCUT2D eigenvalue weighted by molar-refractivity contribution is 5.22. The van der Waals surface area contributed by atoms with Crippen molar-refractivity contribution in [3.05, 3.63) is 42.0 Å². The monoisotopic (exact) mass is 258 g/mol. The van der Waals surface area contributed by atoms with Gasteiger partial charge in [0.25, 0.3) is 0 Å². The first-order chi connectivity index (χ1) is 9.17. The van der Waals surface area contributed by atoms with Gasteiger partial charge in [0.05, 0.1) is 6.20 Å². The van der Waals surface area contributed by atoms with Crippen molar-refractivity contribution in [1.29, 1.82) is 0 Å². The van der Waals surface area contributed by atoms with E-state index < -0.39 is 0 Å². The van der Waals surface area contributed by atoms with Gasteiger partial charge in [0, 0.05) is 24.1 Å². The van der Waals surface area contributed by atoms with E-state index in [4.69, 9.17) is 10.5 Å². The Kier molecular flexibility index (Phi) is 4.41. The molecule has 0 saturated carbocycles. The van der Waals surface area contributed by atoms with Crippen LogP contribution in [0.2, 0.25) is 0 Å². The summed E-state index contributed by atoms with van der Waals surface area (Å²) in [4.78, 5) is 12.5. The molecule has 0 spiro atoms. The summed E-state index contributed by atoms with van der Waals surface area (Å²) >= 11 is 0. The lowest BCUT2D eigenvalue weighted by molar-refractivity contribution is 0.438. The molecule has 2 rings (SSSR count). The van der Waals surface area contributed by atoms with Crippen LogP contribution in [-0.2, 0) is 6.42 Å². The Morgan fingerprint density at radius 1 is 1.16 bits per heavy atom. The molecule has 2 heterocycles. The molecule has 2 aromatic rings. The van der Waals surface area contributed by atoms with Gasteiger partial charge in [-0.3, -0.25) is 4.98 Å². The van der Waals surface area contributed by atoms with Gasteiger partial charge in [0.1, 0.15) is 5.75 Å². The molecule has 5 nitrogen and oxygen atoms in total. The molecule has 0 fully saturated rings. The lowest BCUT2D eigenvalue weighted by Crippen LogP contribution is -2.21.